The number of carboxylic acid groups (broad SMARTS) is 1. The molecular weight excluding hydrogens is 210 g/mol. The maximum absolute atomic E-state index is 10.6. The number of carboxylic acids is 1. The first-order valence-electron chi connectivity index (χ1n) is 4.54. The molecule has 0 unspecified atom stereocenters. The first-order valence-corrected chi connectivity index (χ1v) is 5.36. The maximum Gasteiger partial charge on any atom is 0.317 e. The van der Waals surface area contributed by atoms with Gasteiger partial charge in [0.05, 0.1) is 13.1 Å². The molecule has 0 aromatic carbocycles. The maximum atomic E-state index is 10.6. The van der Waals surface area contributed by atoms with Crippen LogP contribution in [0.5, 0.6) is 0 Å². The number of hydrogen-bond acceptors (Lipinski definition) is 3. The standard InChI is InChI=1S/C11H13NO2S/c1-3-6-12(8-11(13)14)7-10-5-4-9(2)15-10/h1,4-5H,6-8H2,2H3,(H,13,14). The normalized spacial score (nSPS) is 10.2. The molecule has 0 radical (unpaired) electrons. The van der Waals surface area contributed by atoms with Crippen LogP contribution < -0.4 is 0 Å². The van der Waals surface area contributed by atoms with Gasteiger partial charge in [-0.3, -0.25) is 9.69 Å². The minimum absolute atomic E-state index is 0.0128. The smallest absolute Gasteiger partial charge is 0.317 e. The fourth-order valence-corrected chi connectivity index (χ4v) is 2.21. The van der Waals surface area contributed by atoms with Gasteiger partial charge in [-0.05, 0) is 19.1 Å². The van der Waals surface area contributed by atoms with E-state index in [1.165, 1.54) is 4.88 Å². The fraction of sp³-hybridized carbons (Fsp3) is 0.364. The zero-order valence-corrected chi connectivity index (χ0v) is 9.38. The molecule has 0 amide bonds. The summed E-state index contributed by atoms with van der Waals surface area (Å²) in [6.45, 7) is 2.98. The van der Waals surface area contributed by atoms with Crippen molar-refractivity contribution in [3.8, 4) is 12.3 Å². The topological polar surface area (TPSA) is 40.5 Å². The van der Waals surface area contributed by atoms with Crippen molar-refractivity contribution in [3.05, 3.63) is 21.9 Å². The molecular formula is C11H13NO2S. The average Bonchev–Trinajstić information content (AvgIpc) is 2.50. The molecule has 4 heteroatoms. The van der Waals surface area contributed by atoms with Gasteiger partial charge in [0, 0.05) is 16.3 Å². The summed E-state index contributed by atoms with van der Waals surface area (Å²) >= 11 is 1.67. The number of carbonyl (C=O) groups is 1. The molecule has 0 saturated heterocycles. The minimum atomic E-state index is -0.849. The van der Waals surface area contributed by atoms with Crippen LogP contribution >= 0.6 is 11.3 Å². The van der Waals surface area contributed by atoms with Crippen LogP contribution in [-0.4, -0.2) is 29.1 Å². The van der Waals surface area contributed by atoms with E-state index in [1.807, 2.05) is 19.1 Å². The third kappa shape index (κ3) is 4.15. The van der Waals surface area contributed by atoms with Crippen LogP contribution in [0.4, 0.5) is 0 Å². The number of hydrogen-bond donors (Lipinski definition) is 1. The highest BCUT2D eigenvalue weighted by atomic mass is 32.1. The van der Waals surface area contributed by atoms with E-state index >= 15 is 0 Å². The van der Waals surface area contributed by atoms with Gasteiger partial charge in [0.15, 0.2) is 0 Å². The molecule has 0 bridgehead atoms. The summed E-state index contributed by atoms with van der Waals surface area (Å²) in [4.78, 5) is 14.7. The number of aryl methyl sites for hydroxylation is 1. The Bertz CT molecular complexity index is 378. The molecule has 0 saturated carbocycles. The second kappa shape index (κ2) is 5.54. The lowest BCUT2D eigenvalue weighted by Crippen LogP contribution is -2.29. The molecule has 3 nitrogen and oxygen atoms in total. The van der Waals surface area contributed by atoms with Crippen molar-refractivity contribution in [2.75, 3.05) is 13.1 Å². The molecule has 1 rings (SSSR count). The van der Waals surface area contributed by atoms with Gasteiger partial charge in [0.1, 0.15) is 0 Å². The molecule has 0 aliphatic heterocycles. The quantitative estimate of drug-likeness (QED) is 0.770. The highest BCUT2D eigenvalue weighted by Crippen LogP contribution is 2.16. The largest absolute Gasteiger partial charge is 0.480 e. The van der Waals surface area contributed by atoms with Crippen LogP contribution in [0.25, 0.3) is 0 Å². The first-order chi connectivity index (χ1) is 7.11. The molecule has 0 fully saturated rings. The Morgan fingerprint density at radius 3 is 2.87 bits per heavy atom. The summed E-state index contributed by atoms with van der Waals surface area (Å²) in [6.07, 6.45) is 5.18. The number of terminal acetylenes is 1. The van der Waals surface area contributed by atoms with Gasteiger partial charge in [-0.25, -0.2) is 0 Å². The van der Waals surface area contributed by atoms with E-state index in [2.05, 4.69) is 5.92 Å². The zero-order chi connectivity index (χ0) is 11.3. The van der Waals surface area contributed by atoms with Crippen LogP contribution in [0.3, 0.4) is 0 Å². The van der Waals surface area contributed by atoms with E-state index in [0.29, 0.717) is 13.1 Å². The van der Waals surface area contributed by atoms with Gasteiger partial charge in [-0.2, -0.15) is 0 Å². The van der Waals surface area contributed by atoms with Crippen LogP contribution in [-0.2, 0) is 11.3 Å². The second-order valence-electron chi connectivity index (χ2n) is 3.26. The van der Waals surface area contributed by atoms with Gasteiger partial charge in [0.2, 0.25) is 0 Å². The molecule has 1 aromatic heterocycles. The summed E-state index contributed by atoms with van der Waals surface area (Å²) in [6, 6.07) is 4.03. The van der Waals surface area contributed by atoms with Crippen molar-refractivity contribution in [2.24, 2.45) is 0 Å². The molecule has 0 spiro atoms. The molecule has 0 atom stereocenters. The Morgan fingerprint density at radius 1 is 1.67 bits per heavy atom. The summed E-state index contributed by atoms with van der Waals surface area (Å²) in [7, 11) is 0. The summed E-state index contributed by atoms with van der Waals surface area (Å²) in [5.41, 5.74) is 0. The van der Waals surface area contributed by atoms with Crippen molar-refractivity contribution in [1.29, 1.82) is 0 Å². The molecule has 1 heterocycles. The van der Waals surface area contributed by atoms with Gasteiger partial charge >= 0.3 is 5.97 Å². The van der Waals surface area contributed by atoms with E-state index < -0.39 is 5.97 Å². The fourth-order valence-electron chi connectivity index (χ4n) is 1.28. The number of nitrogens with zero attached hydrogens (tertiary/aromatic N) is 1. The van der Waals surface area contributed by atoms with Crippen molar-refractivity contribution < 1.29 is 9.90 Å². The summed E-state index contributed by atoms with van der Waals surface area (Å²) in [5, 5.41) is 8.69. The lowest BCUT2D eigenvalue weighted by Gasteiger charge is -2.15. The van der Waals surface area contributed by atoms with Gasteiger partial charge in [0.25, 0.3) is 0 Å². The van der Waals surface area contributed by atoms with E-state index in [9.17, 15) is 4.79 Å². The van der Waals surface area contributed by atoms with Crippen molar-refractivity contribution >= 4 is 17.3 Å². The molecule has 1 N–H and O–H groups in total. The predicted molar refractivity (Wildman–Crippen MR) is 60.8 cm³/mol. The number of rotatable bonds is 5. The highest BCUT2D eigenvalue weighted by Gasteiger charge is 2.09. The van der Waals surface area contributed by atoms with Crippen LogP contribution in [0, 0.1) is 19.3 Å². The first kappa shape index (κ1) is 11.8. The third-order valence-corrected chi connectivity index (χ3v) is 2.83. The van der Waals surface area contributed by atoms with E-state index in [0.717, 1.165) is 4.88 Å². The number of thiophene rings is 1. The minimum Gasteiger partial charge on any atom is -0.480 e. The molecule has 80 valence electrons. The predicted octanol–water partition coefficient (Wildman–Crippen LogP) is 1.58. The lowest BCUT2D eigenvalue weighted by molar-refractivity contribution is -0.138. The summed E-state index contributed by atoms with van der Waals surface area (Å²) < 4.78 is 0. The average molecular weight is 223 g/mol. The molecule has 0 aliphatic rings. The van der Waals surface area contributed by atoms with E-state index in [4.69, 9.17) is 11.5 Å². The monoisotopic (exact) mass is 223 g/mol. The summed E-state index contributed by atoms with van der Waals surface area (Å²) in [5.74, 6) is 1.62. The van der Waals surface area contributed by atoms with Crippen molar-refractivity contribution in [3.63, 3.8) is 0 Å². The molecule has 0 aliphatic carbocycles. The Hall–Kier alpha value is -1.31. The Labute approximate surface area is 93.3 Å². The zero-order valence-electron chi connectivity index (χ0n) is 8.56. The van der Waals surface area contributed by atoms with Crippen LogP contribution in [0.2, 0.25) is 0 Å². The Morgan fingerprint density at radius 2 is 2.40 bits per heavy atom. The second-order valence-corrected chi connectivity index (χ2v) is 4.63. The SMILES string of the molecule is C#CCN(CC(=O)O)Cc1ccc(C)s1. The van der Waals surface area contributed by atoms with E-state index in [-0.39, 0.29) is 6.54 Å². The lowest BCUT2D eigenvalue weighted by atomic mass is 10.4. The van der Waals surface area contributed by atoms with Gasteiger partial charge in [-0.1, -0.05) is 5.92 Å². The van der Waals surface area contributed by atoms with Gasteiger partial charge in [-0.15, -0.1) is 17.8 Å². The van der Waals surface area contributed by atoms with E-state index in [1.54, 1.807) is 16.2 Å². The van der Waals surface area contributed by atoms with Gasteiger partial charge < -0.3 is 5.11 Å². The highest BCUT2D eigenvalue weighted by molar-refractivity contribution is 7.11. The molecule has 15 heavy (non-hydrogen) atoms. The number of aliphatic carboxylic acids is 1. The molecule has 1 aromatic rings. The third-order valence-electron chi connectivity index (χ3n) is 1.85. The van der Waals surface area contributed by atoms with Crippen molar-refractivity contribution in [2.45, 2.75) is 13.5 Å². The van der Waals surface area contributed by atoms with Crippen LogP contribution in [0.15, 0.2) is 12.1 Å². The van der Waals surface area contributed by atoms with Crippen molar-refractivity contribution in [1.82, 2.24) is 4.90 Å². The Balaban J connectivity index is 2.58. The van der Waals surface area contributed by atoms with Crippen LogP contribution in [0.1, 0.15) is 9.75 Å². The Kier molecular flexibility index (Phi) is 4.35.